The van der Waals surface area contributed by atoms with Gasteiger partial charge in [-0.15, -0.1) is 0 Å². The summed E-state index contributed by atoms with van der Waals surface area (Å²) in [5.74, 6) is 0.802. The summed E-state index contributed by atoms with van der Waals surface area (Å²) in [4.78, 5) is 30.6. The number of rotatable bonds is 6. The summed E-state index contributed by atoms with van der Waals surface area (Å²) in [7, 11) is 0. The number of Topliss-reactive ketones (excluding diaryl/α,β-unsaturated/α-hetero) is 1. The Morgan fingerprint density at radius 1 is 1.00 bits per heavy atom. The standard InChI is InChI=1S/C26H25N3O2/c1-17(2)14-22(30)21-15-18(3)25-23(31)16-24(27-19-10-6-4-7-11-19)29(26(25)28-21)20-12-8-5-9-13-20/h4-13,15-17,27H,14H2,1-3H3. The van der Waals surface area contributed by atoms with E-state index < -0.39 is 0 Å². The molecule has 2 aromatic carbocycles. The number of para-hydroxylation sites is 2. The number of carbonyl (C=O) groups is 1. The van der Waals surface area contributed by atoms with E-state index in [1.54, 1.807) is 12.1 Å². The van der Waals surface area contributed by atoms with Gasteiger partial charge in [-0.05, 0) is 48.7 Å². The summed E-state index contributed by atoms with van der Waals surface area (Å²) >= 11 is 0. The quantitative estimate of drug-likeness (QED) is 0.416. The van der Waals surface area contributed by atoms with E-state index in [4.69, 9.17) is 4.98 Å². The van der Waals surface area contributed by atoms with Crippen molar-refractivity contribution in [3.63, 3.8) is 0 Å². The van der Waals surface area contributed by atoms with Crippen LogP contribution in [0.15, 0.2) is 77.6 Å². The average Bonchev–Trinajstić information content (AvgIpc) is 2.74. The van der Waals surface area contributed by atoms with Gasteiger partial charge in [0.25, 0.3) is 0 Å². The maximum Gasteiger partial charge on any atom is 0.193 e. The van der Waals surface area contributed by atoms with Crippen molar-refractivity contribution in [2.45, 2.75) is 27.2 Å². The number of aryl methyl sites for hydroxylation is 1. The molecule has 0 saturated heterocycles. The van der Waals surface area contributed by atoms with Crippen LogP contribution < -0.4 is 10.7 Å². The van der Waals surface area contributed by atoms with Gasteiger partial charge in [-0.3, -0.25) is 14.2 Å². The normalized spacial score (nSPS) is 11.1. The van der Waals surface area contributed by atoms with Crippen LogP contribution in [0.25, 0.3) is 16.7 Å². The first-order chi connectivity index (χ1) is 14.9. The van der Waals surface area contributed by atoms with Crippen molar-refractivity contribution in [2.75, 3.05) is 5.32 Å². The topological polar surface area (TPSA) is 64.0 Å². The zero-order valence-electron chi connectivity index (χ0n) is 17.9. The highest BCUT2D eigenvalue weighted by atomic mass is 16.1. The molecule has 2 aromatic heterocycles. The first-order valence-corrected chi connectivity index (χ1v) is 10.4. The lowest BCUT2D eigenvalue weighted by molar-refractivity contribution is 0.0963. The van der Waals surface area contributed by atoms with Crippen molar-refractivity contribution in [2.24, 2.45) is 5.92 Å². The third kappa shape index (κ3) is 4.26. The van der Waals surface area contributed by atoms with Crippen LogP contribution in [0.4, 0.5) is 11.5 Å². The fraction of sp³-hybridized carbons (Fsp3) is 0.192. The van der Waals surface area contributed by atoms with Gasteiger partial charge >= 0.3 is 0 Å². The van der Waals surface area contributed by atoms with Crippen LogP contribution in [0, 0.1) is 12.8 Å². The largest absolute Gasteiger partial charge is 0.341 e. The number of carbonyl (C=O) groups excluding carboxylic acids is 1. The van der Waals surface area contributed by atoms with E-state index in [0.717, 1.165) is 16.9 Å². The van der Waals surface area contributed by atoms with Gasteiger partial charge in [0.05, 0.1) is 5.39 Å². The third-order valence-corrected chi connectivity index (χ3v) is 5.10. The minimum atomic E-state index is -0.131. The van der Waals surface area contributed by atoms with Crippen molar-refractivity contribution in [1.82, 2.24) is 9.55 Å². The smallest absolute Gasteiger partial charge is 0.193 e. The van der Waals surface area contributed by atoms with Gasteiger partial charge in [0, 0.05) is 23.9 Å². The van der Waals surface area contributed by atoms with Gasteiger partial charge in [-0.25, -0.2) is 4.98 Å². The van der Waals surface area contributed by atoms with Crippen molar-refractivity contribution in [3.8, 4) is 5.69 Å². The molecule has 0 aliphatic heterocycles. The molecule has 4 rings (SSSR count). The fourth-order valence-corrected chi connectivity index (χ4v) is 3.72. The molecular weight excluding hydrogens is 386 g/mol. The average molecular weight is 412 g/mol. The van der Waals surface area contributed by atoms with Crippen LogP contribution in [0.1, 0.15) is 36.3 Å². The number of hydrogen-bond donors (Lipinski definition) is 1. The highest BCUT2D eigenvalue weighted by Crippen LogP contribution is 2.26. The molecule has 1 N–H and O–H groups in total. The fourth-order valence-electron chi connectivity index (χ4n) is 3.72. The number of aromatic nitrogens is 2. The number of hydrogen-bond acceptors (Lipinski definition) is 4. The predicted molar refractivity (Wildman–Crippen MR) is 126 cm³/mol. The molecule has 0 saturated carbocycles. The molecule has 0 bridgehead atoms. The van der Waals surface area contributed by atoms with Crippen LogP contribution in [-0.2, 0) is 0 Å². The Bertz CT molecular complexity index is 1290. The second-order valence-corrected chi connectivity index (χ2v) is 8.10. The molecule has 0 spiro atoms. The maximum atomic E-state index is 13.1. The second-order valence-electron chi connectivity index (χ2n) is 8.10. The zero-order chi connectivity index (χ0) is 22.0. The summed E-state index contributed by atoms with van der Waals surface area (Å²) in [6, 6.07) is 22.7. The van der Waals surface area contributed by atoms with E-state index in [-0.39, 0.29) is 17.1 Å². The molecule has 0 unspecified atom stereocenters. The van der Waals surface area contributed by atoms with E-state index in [0.29, 0.717) is 29.0 Å². The summed E-state index contributed by atoms with van der Waals surface area (Å²) in [5, 5.41) is 3.86. The Hall–Kier alpha value is -3.73. The first-order valence-electron chi connectivity index (χ1n) is 10.4. The molecule has 0 aliphatic carbocycles. The SMILES string of the molecule is Cc1cc(C(=O)CC(C)C)nc2c1c(=O)cc(Nc1ccccc1)n2-c1ccccc1. The van der Waals surface area contributed by atoms with Crippen molar-refractivity contribution in [1.29, 1.82) is 0 Å². The van der Waals surface area contributed by atoms with Gasteiger partial charge in [0.2, 0.25) is 0 Å². The van der Waals surface area contributed by atoms with Gasteiger partial charge in [-0.2, -0.15) is 0 Å². The predicted octanol–water partition coefficient (Wildman–Crippen LogP) is 5.67. The number of anilines is 2. The molecule has 156 valence electrons. The van der Waals surface area contributed by atoms with Crippen LogP contribution in [0.2, 0.25) is 0 Å². The highest BCUT2D eigenvalue weighted by molar-refractivity contribution is 5.97. The molecule has 0 atom stereocenters. The Morgan fingerprint density at radius 2 is 1.65 bits per heavy atom. The Kier molecular flexibility index (Phi) is 5.67. The van der Waals surface area contributed by atoms with Gasteiger partial charge in [-0.1, -0.05) is 50.2 Å². The number of pyridine rings is 2. The Labute approximate surface area is 181 Å². The number of fused-ring (bicyclic) bond motifs is 1. The molecule has 2 heterocycles. The maximum absolute atomic E-state index is 13.1. The van der Waals surface area contributed by atoms with E-state index in [1.807, 2.05) is 86.0 Å². The van der Waals surface area contributed by atoms with Crippen LogP contribution in [0.5, 0.6) is 0 Å². The summed E-state index contributed by atoms with van der Waals surface area (Å²) < 4.78 is 1.91. The molecule has 31 heavy (non-hydrogen) atoms. The molecule has 5 nitrogen and oxygen atoms in total. The third-order valence-electron chi connectivity index (χ3n) is 5.10. The summed E-state index contributed by atoms with van der Waals surface area (Å²) in [6.45, 7) is 5.87. The molecule has 0 amide bonds. The van der Waals surface area contributed by atoms with Crippen LogP contribution >= 0.6 is 0 Å². The molecule has 5 heteroatoms. The lowest BCUT2D eigenvalue weighted by atomic mass is 10.0. The van der Waals surface area contributed by atoms with E-state index in [9.17, 15) is 9.59 Å². The van der Waals surface area contributed by atoms with Crippen molar-refractivity contribution in [3.05, 3.63) is 94.3 Å². The van der Waals surface area contributed by atoms with E-state index in [1.165, 1.54) is 0 Å². The molecule has 0 fully saturated rings. The first kappa shape index (κ1) is 20.5. The lowest BCUT2D eigenvalue weighted by Crippen LogP contribution is -2.16. The Balaban J connectivity index is 2.01. The molecule has 0 aliphatic rings. The van der Waals surface area contributed by atoms with Crippen LogP contribution in [-0.4, -0.2) is 15.3 Å². The van der Waals surface area contributed by atoms with Crippen LogP contribution in [0.3, 0.4) is 0 Å². The number of ketones is 1. The van der Waals surface area contributed by atoms with E-state index >= 15 is 0 Å². The molecular formula is C26H25N3O2. The zero-order valence-corrected chi connectivity index (χ0v) is 17.9. The monoisotopic (exact) mass is 411 g/mol. The minimum absolute atomic E-state index is 0.0199. The highest BCUT2D eigenvalue weighted by Gasteiger charge is 2.18. The number of nitrogens with zero attached hydrogens (tertiary/aromatic N) is 2. The second kappa shape index (κ2) is 8.56. The lowest BCUT2D eigenvalue weighted by Gasteiger charge is -2.19. The summed E-state index contributed by atoms with van der Waals surface area (Å²) in [6.07, 6.45) is 0.412. The molecule has 0 radical (unpaired) electrons. The Morgan fingerprint density at radius 3 is 2.29 bits per heavy atom. The van der Waals surface area contributed by atoms with Crippen molar-refractivity contribution >= 4 is 28.3 Å². The number of benzene rings is 2. The number of nitrogens with one attached hydrogen (secondary N) is 1. The van der Waals surface area contributed by atoms with E-state index in [2.05, 4.69) is 5.32 Å². The van der Waals surface area contributed by atoms with Crippen molar-refractivity contribution < 1.29 is 4.79 Å². The van der Waals surface area contributed by atoms with Gasteiger partial charge in [0.15, 0.2) is 16.9 Å². The minimum Gasteiger partial charge on any atom is -0.341 e. The molecule has 4 aromatic rings. The van der Waals surface area contributed by atoms with Gasteiger partial charge in [0.1, 0.15) is 11.5 Å². The van der Waals surface area contributed by atoms with Gasteiger partial charge < -0.3 is 5.32 Å². The summed E-state index contributed by atoms with van der Waals surface area (Å²) in [5.41, 5.74) is 3.19.